The maximum Gasteiger partial charge on any atom is 0.251 e. The number of aromatic nitrogens is 3. The van der Waals surface area contributed by atoms with Crippen molar-refractivity contribution < 1.29 is 13.2 Å². The number of hydrogen-bond donors (Lipinski definition) is 2. The summed E-state index contributed by atoms with van der Waals surface area (Å²) >= 11 is 0. The Morgan fingerprint density at radius 3 is 2.33 bits per heavy atom. The van der Waals surface area contributed by atoms with E-state index in [0.29, 0.717) is 25.1 Å². The summed E-state index contributed by atoms with van der Waals surface area (Å²) in [5, 5.41) is 6.92. The van der Waals surface area contributed by atoms with E-state index in [4.69, 9.17) is 0 Å². The fourth-order valence-corrected chi connectivity index (χ4v) is 4.08. The zero-order valence-electron chi connectivity index (χ0n) is 16.9. The van der Waals surface area contributed by atoms with E-state index >= 15 is 0 Å². The van der Waals surface area contributed by atoms with Crippen LogP contribution >= 0.6 is 0 Å². The molecule has 8 nitrogen and oxygen atoms in total. The van der Waals surface area contributed by atoms with E-state index in [1.807, 2.05) is 31.2 Å². The lowest BCUT2D eigenvalue weighted by atomic mass is 10.1. The lowest BCUT2D eigenvalue weighted by Crippen LogP contribution is -2.32. The molecule has 2 aromatic carbocycles. The second kappa shape index (κ2) is 9.64. The number of benzene rings is 2. The van der Waals surface area contributed by atoms with Gasteiger partial charge in [0.25, 0.3) is 5.91 Å². The van der Waals surface area contributed by atoms with Crippen LogP contribution in [0.3, 0.4) is 0 Å². The Labute approximate surface area is 176 Å². The van der Waals surface area contributed by atoms with E-state index in [-0.39, 0.29) is 16.8 Å². The van der Waals surface area contributed by atoms with Gasteiger partial charge in [-0.3, -0.25) is 4.79 Å². The van der Waals surface area contributed by atoms with Gasteiger partial charge in [-0.05, 0) is 48.7 Å². The third-order valence-electron chi connectivity index (χ3n) is 4.68. The molecule has 30 heavy (non-hydrogen) atoms. The van der Waals surface area contributed by atoms with E-state index in [1.165, 1.54) is 30.6 Å². The lowest BCUT2D eigenvalue weighted by Gasteiger charge is -2.12. The summed E-state index contributed by atoms with van der Waals surface area (Å²) in [6, 6.07) is 13.6. The topological polar surface area (TPSA) is 106 Å². The lowest BCUT2D eigenvalue weighted by molar-refractivity contribution is 0.0951. The van der Waals surface area contributed by atoms with E-state index in [2.05, 4.69) is 20.1 Å². The number of nitrogens with zero attached hydrogens (tertiary/aromatic N) is 3. The Hall–Kier alpha value is -3.04. The van der Waals surface area contributed by atoms with Crippen molar-refractivity contribution in [2.24, 2.45) is 0 Å². The molecule has 3 rings (SSSR count). The average molecular weight is 428 g/mol. The molecule has 3 aromatic rings. The zero-order valence-corrected chi connectivity index (χ0v) is 17.8. The standard InChI is InChI=1S/C21H25N5O3S/c1-3-16(2)25-30(28,29)20-10-8-19(9-11-20)21(27)23-12-17-4-6-18(7-5-17)13-26-15-22-14-24-26/h4-11,14-16,25H,3,12-13H2,1-2H3,(H,23,27). The van der Waals surface area contributed by atoms with Crippen LogP contribution in [-0.2, 0) is 23.1 Å². The van der Waals surface area contributed by atoms with Crippen LogP contribution < -0.4 is 10.0 Å². The molecule has 0 radical (unpaired) electrons. The van der Waals surface area contributed by atoms with Crippen LogP contribution in [0.1, 0.15) is 41.8 Å². The maximum absolute atomic E-state index is 12.4. The molecule has 1 aromatic heterocycles. The minimum Gasteiger partial charge on any atom is -0.348 e. The summed E-state index contributed by atoms with van der Waals surface area (Å²) < 4.78 is 28.9. The van der Waals surface area contributed by atoms with Crippen molar-refractivity contribution in [1.29, 1.82) is 0 Å². The summed E-state index contributed by atoms with van der Waals surface area (Å²) in [5.41, 5.74) is 2.45. The van der Waals surface area contributed by atoms with Gasteiger partial charge in [-0.1, -0.05) is 31.2 Å². The second-order valence-corrected chi connectivity index (χ2v) is 8.76. The molecule has 1 atom stereocenters. The summed E-state index contributed by atoms with van der Waals surface area (Å²) in [6.07, 6.45) is 3.85. The number of nitrogens with one attached hydrogen (secondary N) is 2. The van der Waals surface area contributed by atoms with Crippen molar-refractivity contribution in [3.05, 3.63) is 77.9 Å². The highest BCUT2D eigenvalue weighted by molar-refractivity contribution is 7.89. The predicted molar refractivity (Wildman–Crippen MR) is 113 cm³/mol. The van der Waals surface area contributed by atoms with Crippen molar-refractivity contribution in [3.8, 4) is 0 Å². The number of carbonyl (C=O) groups is 1. The summed E-state index contributed by atoms with van der Waals surface area (Å²) in [5.74, 6) is -0.263. The van der Waals surface area contributed by atoms with Crippen molar-refractivity contribution in [1.82, 2.24) is 24.8 Å². The van der Waals surface area contributed by atoms with Crippen LogP contribution in [0.4, 0.5) is 0 Å². The minimum absolute atomic E-state index is 0.141. The number of hydrogen-bond acceptors (Lipinski definition) is 5. The first-order valence-electron chi connectivity index (χ1n) is 9.68. The largest absolute Gasteiger partial charge is 0.348 e. The van der Waals surface area contributed by atoms with Crippen molar-refractivity contribution >= 4 is 15.9 Å². The van der Waals surface area contributed by atoms with Gasteiger partial charge in [-0.25, -0.2) is 22.8 Å². The first-order valence-corrected chi connectivity index (χ1v) is 11.2. The molecule has 1 heterocycles. The fraction of sp³-hybridized carbons (Fsp3) is 0.286. The average Bonchev–Trinajstić information content (AvgIpc) is 3.26. The Morgan fingerprint density at radius 2 is 1.73 bits per heavy atom. The molecule has 1 unspecified atom stereocenters. The molecule has 0 saturated heterocycles. The molecule has 0 aliphatic rings. The van der Waals surface area contributed by atoms with Gasteiger partial charge < -0.3 is 5.32 Å². The van der Waals surface area contributed by atoms with Crippen LogP contribution in [0.25, 0.3) is 0 Å². The van der Waals surface area contributed by atoms with Crippen LogP contribution in [0, 0.1) is 0 Å². The third-order valence-corrected chi connectivity index (χ3v) is 6.29. The molecule has 158 valence electrons. The minimum atomic E-state index is -3.58. The van der Waals surface area contributed by atoms with Gasteiger partial charge in [0.2, 0.25) is 10.0 Å². The normalized spacial score (nSPS) is 12.5. The summed E-state index contributed by atoms with van der Waals surface area (Å²) in [4.78, 5) is 16.4. The molecular weight excluding hydrogens is 402 g/mol. The smallest absolute Gasteiger partial charge is 0.251 e. The highest BCUT2D eigenvalue weighted by atomic mass is 32.2. The Morgan fingerprint density at radius 1 is 1.07 bits per heavy atom. The van der Waals surface area contributed by atoms with E-state index in [0.717, 1.165) is 11.1 Å². The molecule has 1 amide bonds. The molecule has 0 fully saturated rings. The summed E-state index contributed by atoms with van der Waals surface area (Å²) in [6.45, 7) is 4.72. The monoisotopic (exact) mass is 427 g/mol. The Bertz CT molecular complexity index is 1060. The van der Waals surface area contributed by atoms with Crippen LogP contribution in [0.5, 0.6) is 0 Å². The van der Waals surface area contributed by atoms with E-state index in [1.54, 1.807) is 17.9 Å². The van der Waals surface area contributed by atoms with Gasteiger partial charge in [0, 0.05) is 18.2 Å². The van der Waals surface area contributed by atoms with Gasteiger partial charge in [0.15, 0.2) is 0 Å². The van der Waals surface area contributed by atoms with Gasteiger partial charge >= 0.3 is 0 Å². The quantitative estimate of drug-likeness (QED) is 0.545. The number of sulfonamides is 1. The first-order chi connectivity index (χ1) is 14.4. The SMILES string of the molecule is CCC(C)NS(=O)(=O)c1ccc(C(=O)NCc2ccc(Cn3cncn3)cc2)cc1. The van der Waals surface area contributed by atoms with Crippen LogP contribution in [0.2, 0.25) is 0 Å². The molecule has 0 spiro atoms. The van der Waals surface area contributed by atoms with Gasteiger partial charge in [0.05, 0.1) is 11.4 Å². The Kier molecular flexibility index (Phi) is 6.96. The molecule has 0 saturated carbocycles. The predicted octanol–water partition coefficient (Wildman–Crippen LogP) is 2.33. The summed E-state index contributed by atoms with van der Waals surface area (Å²) in [7, 11) is -3.58. The molecule has 0 bridgehead atoms. The first kappa shape index (κ1) is 21.7. The third kappa shape index (κ3) is 5.74. The number of amides is 1. The second-order valence-electron chi connectivity index (χ2n) is 7.05. The van der Waals surface area contributed by atoms with Gasteiger partial charge in [0.1, 0.15) is 12.7 Å². The number of rotatable bonds is 9. The highest BCUT2D eigenvalue weighted by Crippen LogP contribution is 2.12. The van der Waals surface area contributed by atoms with Crippen LogP contribution in [-0.4, -0.2) is 35.1 Å². The van der Waals surface area contributed by atoms with Crippen molar-refractivity contribution in [3.63, 3.8) is 0 Å². The fourth-order valence-electron chi connectivity index (χ4n) is 2.75. The van der Waals surface area contributed by atoms with E-state index in [9.17, 15) is 13.2 Å². The van der Waals surface area contributed by atoms with Crippen LogP contribution in [0.15, 0.2) is 66.1 Å². The number of carbonyl (C=O) groups excluding carboxylic acids is 1. The zero-order chi connectivity index (χ0) is 21.6. The Balaban J connectivity index is 1.56. The highest BCUT2D eigenvalue weighted by Gasteiger charge is 2.17. The maximum atomic E-state index is 12.4. The van der Waals surface area contributed by atoms with E-state index < -0.39 is 10.0 Å². The van der Waals surface area contributed by atoms with Gasteiger partial charge in [-0.2, -0.15) is 5.10 Å². The molecule has 9 heteroatoms. The molecular formula is C21H25N5O3S. The van der Waals surface area contributed by atoms with Crippen molar-refractivity contribution in [2.75, 3.05) is 0 Å². The van der Waals surface area contributed by atoms with Gasteiger partial charge in [-0.15, -0.1) is 0 Å². The molecule has 0 aliphatic heterocycles. The van der Waals surface area contributed by atoms with Crippen molar-refractivity contribution in [2.45, 2.75) is 44.3 Å². The molecule has 0 aliphatic carbocycles. The molecule has 2 N–H and O–H groups in total.